The van der Waals surface area contributed by atoms with E-state index in [4.69, 9.17) is 0 Å². The number of carbonyl (C=O) groups is 1. The Labute approximate surface area is 162 Å². The molecule has 4 heteroatoms. The summed E-state index contributed by atoms with van der Waals surface area (Å²) in [6.07, 6.45) is 17.6. The van der Waals surface area contributed by atoms with Gasteiger partial charge < -0.3 is 0 Å². The van der Waals surface area contributed by atoms with Crippen molar-refractivity contribution in [3.8, 4) is 0 Å². The SMILES string of the molecule is C=C/C=C(C=NN=CCCCC(CC1=CC(F)C(=C)C=C1)C(C)=O)\C=C/C. The third-order valence-corrected chi connectivity index (χ3v) is 4.19. The zero-order chi connectivity index (χ0) is 20.1. The third kappa shape index (κ3) is 9.04. The fraction of sp³-hybridized carbons (Fsp3) is 0.348. The maximum atomic E-state index is 13.7. The van der Waals surface area contributed by atoms with E-state index in [1.807, 2.05) is 31.2 Å². The molecule has 0 spiro atoms. The van der Waals surface area contributed by atoms with Crippen molar-refractivity contribution in [2.75, 3.05) is 0 Å². The highest BCUT2D eigenvalue weighted by molar-refractivity contribution is 5.83. The van der Waals surface area contributed by atoms with Crippen LogP contribution in [0.2, 0.25) is 0 Å². The maximum Gasteiger partial charge on any atom is 0.143 e. The van der Waals surface area contributed by atoms with Crippen LogP contribution < -0.4 is 0 Å². The van der Waals surface area contributed by atoms with Crippen LogP contribution in [0, 0.1) is 5.92 Å². The van der Waals surface area contributed by atoms with E-state index >= 15 is 0 Å². The molecule has 0 N–H and O–H groups in total. The zero-order valence-electron chi connectivity index (χ0n) is 16.3. The second-order valence-electron chi connectivity index (χ2n) is 6.44. The number of rotatable bonds is 11. The highest BCUT2D eigenvalue weighted by atomic mass is 19.1. The van der Waals surface area contributed by atoms with Crippen molar-refractivity contribution in [2.45, 2.75) is 45.7 Å². The highest BCUT2D eigenvalue weighted by Gasteiger charge is 2.18. The lowest BCUT2D eigenvalue weighted by molar-refractivity contribution is -0.120. The molecule has 0 aromatic rings. The number of Topliss-reactive ketones (excluding diaryl/α,β-unsaturated/α-hetero) is 1. The Morgan fingerprint density at radius 1 is 1.37 bits per heavy atom. The van der Waals surface area contributed by atoms with Gasteiger partial charge in [-0.15, -0.1) is 0 Å². The minimum absolute atomic E-state index is 0.104. The van der Waals surface area contributed by atoms with E-state index in [9.17, 15) is 9.18 Å². The summed E-state index contributed by atoms with van der Waals surface area (Å²) < 4.78 is 13.7. The Kier molecular flexibility index (Phi) is 10.5. The van der Waals surface area contributed by atoms with Gasteiger partial charge in [0.25, 0.3) is 0 Å². The van der Waals surface area contributed by atoms with Crippen LogP contribution in [0.4, 0.5) is 4.39 Å². The summed E-state index contributed by atoms with van der Waals surface area (Å²) in [5.74, 6) is 0.0258. The van der Waals surface area contributed by atoms with Crippen molar-refractivity contribution < 1.29 is 9.18 Å². The van der Waals surface area contributed by atoms with Crippen LogP contribution in [0.3, 0.4) is 0 Å². The summed E-state index contributed by atoms with van der Waals surface area (Å²) in [6, 6.07) is 0. The Balaban J connectivity index is 2.45. The van der Waals surface area contributed by atoms with Crippen LogP contribution in [0.25, 0.3) is 0 Å². The number of hydrogen-bond acceptors (Lipinski definition) is 3. The lowest BCUT2D eigenvalue weighted by Gasteiger charge is -2.17. The molecule has 2 unspecified atom stereocenters. The number of ketones is 1. The summed E-state index contributed by atoms with van der Waals surface area (Å²) in [5.41, 5.74) is 2.23. The standard InChI is InChI=1S/C23H29FN2O/c1-5-9-20(10-6-2)17-26-25-14-8-7-11-22(19(4)27)15-21-13-12-18(3)23(24)16-21/h5-6,9-10,12-14,16-17,22-23H,1,3,7-8,11,15H2,2,4H3/b10-6-,20-9+,25-14?,26-17?. The average molecular weight is 368 g/mol. The van der Waals surface area contributed by atoms with E-state index in [0.29, 0.717) is 12.0 Å². The number of carbonyl (C=O) groups excluding carboxylic acids is 1. The second kappa shape index (κ2) is 12.7. The van der Waals surface area contributed by atoms with Gasteiger partial charge in [0.05, 0.1) is 6.21 Å². The Morgan fingerprint density at radius 3 is 2.78 bits per heavy atom. The molecule has 144 valence electrons. The molecule has 0 saturated heterocycles. The number of hydrogen-bond donors (Lipinski definition) is 0. The Hall–Kier alpha value is -2.62. The molecule has 1 aliphatic carbocycles. The first-order chi connectivity index (χ1) is 13.0. The smallest absolute Gasteiger partial charge is 0.143 e. The number of alkyl halides is 1. The molecule has 2 atom stereocenters. The normalized spacial score (nSPS) is 19.2. The van der Waals surface area contributed by atoms with Crippen LogP contribution in [-0.4, -0.2) is 24.4 Å². The molecule has 0 aromatic carbocycles. The van der Waals surface area contributed by atoms with E-state index in [2.05, 4.69) is 23.4 Å². The summed E-state index contributed by atoms with van der Waals surface area (Å²) in [6.45, 7) is 10.8. The maximum absolute atomic E-state index is 13.7. The van der Waals surface area contributed by atoms with Crippen molar-refractivity contribution in [3.63, 3.8) is 0 Å². The average Bonchev–Trinajstić information content (AvgIpc) is 2.63. The molecule has 1 aliphatic rings. The van der Waals surface area contributed by atoms with Gasteiger partial charge in [-0.3, -0.25) is 4.79 Å². The van der Waals surface area contributed by atoms with Crippen molar-refractivity contribution >= 4 is 18.2 Å². The molecular formula is C23H29FN2O. The molecule has 3 nitrogen and oxygen atoms in total. The molecule has 0 saturated carbocycles. The first kappa shape index (κ1) is 22.4. The van der Waals surface area contributed by atoms with Crippen molar-refractivity contribution in [3.05, 3.63) is 72.4 Å². The van der Waals surface area contributed by atoms with Crippen molar-refractivity contribution in [1.82, 2.24) is 0 Å². The van der Waals surface area contributed by atoms with Crippen LogP contribution in [-0.2, 0) is 4.79 Å². The van der Waals surface area contributed by atoms with Gasteiger partial charge >= 0.3 is 0 Å². The summed E-state index contributed by atoms with van der Waals surface area (Å²) in [7, 11) is 0. The van der Waals surface area contributed by atoms with Crippen LogP contribution in [0.1, 0.15) is 39.5 Å². The summed E-state index contributed by atoms with van der Waals surface area (Å²) >= 11 is 0. The van der Waals surface area contributed by atoms with Gasteiger partial charge in [0, 0.05) is 12.1 Å². The first-order valence-electron chi connectivity index (χ1n) is 9.20. The third-order valence-electron chi connectivity index (χ3n) is 4.19. The molecule has 1 rings (SSSR count). The number of allylic oxidation sites excluding steroid dienone is 10. The van der Waals surface area contributed by atoms with E-state index in [-0.39, 0.29) is 11.7 Å². The quantitative estimate of drug-likeness (QED) is 0.194. The number of unbranched alkanes of at least 4 members (excludes halogenated alkanes) is 1. The molecule has 0 bridgehead atoms. The minimum Gasteiger partial charge on any atom is -0.300 e. The molecule has 0 heterocycles. The van der Waals surface area contributed by atoms with Gasteiger partial charge in [0.2, 0.25) is 0 Å². The van der Waals surface area contributed by atoms with Gasteiger partial charge in [-0.2, -0.15) is 10.2 Å². The summed E-state index contributed by atoms with van der Waals surface area (Å²) in [5, 5.41) is 8.03. The van der Waals surface area contributed by atoms with Gasteiger partial charge in [-0.1, -0.05) is 49.6 Å². The van der Waals surface area contributed by atoms with Crippen LogP contribution >= 0.6 is 0 Å². The zero-order valence-corrected chi connectivity index (χ0v) is 16.3. The highest BCUT2D eigenvalue weighted by Crippen LogP contribution is 2.25. The predicted molar refractivity (Wildman–Crippen MR) is 114 cm³/mol. The van der Waals surface area contributed by atoms with Gasteiger partial charge in [0.1, 0.15) is 12.0 Å². The molecule has 0 radical (unpaired) electrons. The fourth-order valence-corrected chi connectivity index (χ4v) is 2.66. The second-order valence-corrected chi connectivity index (χ2v) is 6.44. The largest absolute Gasteiger partial charge is 0.300 e. The fourth-order valence-electron chi connectivity index (χ4n) is 2.66. The van der Waals surface area contributed by atoms with E-state index < -0.39 is 6.17 Å². The van der Waals surface area contributed by atoms with E-state index in [1.165, 1.54) is 0 Å². The molecule has 0 aromatic heterocycles. The summed E-state index contributed by atoms with van der Waals surface area (Å²) in [4.78, 5) is 11.9. The predicted octanol–water partition coefficient (Wildman–Crippen LogP) is 5.89. The van der Waals surface area contributed by atoms with Crippen LogP contribution in [0.15, 0.2) is 82.6 Å². The molecular weight excluding hydrogens is 339 g/mol. The van der Waals surface area contributed by atoms with Crippen molar-refractivity contribution in [1.29, 1.82) is 0 Å². The Bertz CT molecular complexity index is 708. The van der Waals surface area contributed by atoms with Gasteiger partial charge in [-0.25, -0.2) is 4.39 Å². The molecule has 27 heavy (non-hydrogen) atoms. The van der Waals surface area contributed by atoms with Gasteiger partial charge in [0.15, 0.2) is 0 Å². The lowest BCUT2D eigenvalue weighted by Crippen LogP contribution is -2.13. The topological polar surface area (TPSA) is 41.8 Å². The molecule has 0 aliphatic heterocycles. The first-order valence-corrected chi connectivity index (χ1v) is 9.20. The van der Waals surface area contributed by atoms with Gasteiger partial charge in [-0.05, 0) is 62.3 Å². The van der Waals surface area contributed by atoms with E-state index in [0.717, 1.165) is 30.4 Å². The number of nitrogens with zero attached hydrogens (tertiary/aromatic N) is 2. The lowest BCUT2D eigenvalue weighted by atomic mass is 9.88. The number of halogens is 1. The molecule has 0 fully saturated rings. The minimum atomic E-state index is -1.15. The molecule has 0 amide bonds. The van der Waals surface area contributed by atoms with Crippen LogP contribution in [0.5, 0.6) is 0 Å². The van der Waals surface area contributed by atoms with E-state index in [1.54, 1.807) is 37.6 Å². The Morgan fingerprint density at radius 2 is 2.15 bits per heavy atom. The van der Waals surface area contributed by atoms with Crippen molar-refractivity contribution in [2.24, 2.45) is 16.1 Å². The monoisotopic (exact) mass is 368 g/mol.